The number of aromatic hydroxyl groups is 1. The van der Waals surface area contributed by atoms with E-state index in [0.29, 0.717) is 34.8 Å². The molecule has 5 nitrogen and oxygen atoms in total. The SMILES string of the molecule is C=CCc1cc(OC)c(O)c(C(C)C(O)c2ccc(OC)c(OC)c2)c1. The number of aliphatic hydroxyl groups is 1. The minimum absolute atomic E-state index is 0.0346. The maximum Gasteiger partial charge on any atom is 0.161 e. The Morgan fingerprint density at radius 3 is 2.23 bits per heavy atom. The molecule has 2 atom stereocenters. The molecule has 0 spiro atoms. The predicted octanol–water partition coefficient (Wildman–Crippen LogP) is 3.98. The van der Waals surface area contributed by atoms with Crippen molar-refractivity contribution in [2.45, 2.75) is 25.4 Å². The van der Waals surface area contributed by atoms with Crippen LogP contribution in [0.5, 0.6) is 23.0 Å². The van der Waals surface area contributed by atoms with Crippen molar-refractivity contribution in [2.24, 2.45) is 0 Å². The minimum Gasteiger partial charge on any atom is -0.504 e. The van der Waals surface area contributed by atoms with Crippen LogP contribution >= 0.6 is 0 Å². The van der Waals surface area contributed by atoms with Gasteiger partial charge >= 0.3 is 0 Å². The van der Waals surface area contributed by atoms with Gasteiger partial charge < -0.3 is 24.4 Å². The van der Waals surface area contributed by atoms with Crippen LogP contribution in [0.1, 0.15) is 35.6 Å². The summed E-state index contributed by atoms with van der Waals surface area (Å²) in [4.78, 5) is 0. The number of aliphatic hydroxyl groups excluding tert-OH is 1. The van der Waals surface area contributed by atoms with Gasteiger partial charge in [0.05, 0.1) is 27.4 Å². The summed E-state index contributed by atoms with van der Waals surface area (Å²) in [5.41, 5.74) is 2.24. The van der Waals surface area contributed by atoms with Gasteiger partial charge in [-0.05, 0) is 35.7 Å². The van der Waals surface area contributed by atoms with Crippen LogP contribution in [0.15, 0.2) is 43.0 Å². The number of allylic oxidation sites excluding steroid dienone is 1. The van der Waals surface area contributed by atoms with E-state index in [4.69, 9.17) is 14.2 Å². The molecule has 0 heterocycles. The third-order valence-electron chi connectivity index (χ3n) is 4.48. The quantitative estimate of drug-likeness (QED) is 0.699. The van der Waals surface area contributed by atoms with Gasteiger partial charge in [0.2, 0.25) is 0 Å². The fourth-order valence-corrected chi connectivity index (χ4v) is 2.97. The van der Waals surface area contributed by atoms with Gasteiger partial charge in [-0.1, -0.05) is 25.1 Å². The van der Waals surface area contributed by atoms with Crippen LogP contribution in [0.2, 0.25) is 0 Å². The number of phenols is 1. The van der Waals surface area contributed by atoms with Crippen molar-refractivity contribution in [1.29, 1.82) is 0 Å². The van der Waals surface area contributed by atoms with E-state index in [0.717, 1.165) is 5.56 Å². The molecule has 0 bridgehead atoms. The highest BCUT2D eigenvalue weighted by Crippen LogP contribution is 2.42. The largest absolute Gasteiger partial charge is 0.504 e. The first kappa shape index (κ1) is 19.7. The average molecular weight is 358 g/mol. The molecule has 2 aromatic rings. The van der Waals surface area contributed by atoms with Crippen LogP contribution in [-0.4, -0.2) is 31.5 Å². The molecule has 0 aliphatic heterocycles. The monoisotopic (exact) mass is 358 g/mol. The van der Waals surface area contributed by atoms with Gasteiger partial charge in [0.25, 0.3) is 0 Å². The van der Waals surface area contributed by atoms with Gasteiger partial charge in [0.1, 0.15) is 0 Å². The predicted molar refractivity (Wildman–Crippen MR) is 101 cm³/mol. The Labute approximate surface area is 154 Å². The molecule has 140 valence electrons. The molecule has 2 unspecified atom stereocenters. The summed E-state index contributed by atoms with van der Waals surface area (Å²) in [6.45, 7) is 5.60. The Morgan fingerprint density at radius 1 is 1.00 bits per heavy atom. The molecule has 5 heteroatoms. The van der Waals surface area contributed by atoms with Crippen LogP contribution in [-0.2, 0) is 6.42 Å². The second-order valence-electron chi connectivity index (χ2n) is 6.08. The Balaban J connectivity index is 2.43. The second-order valence-corrected chi connectivity index (χ2v) is 6.08. The van der Waals surface area contributed by atoms with E-state index >= 15 is 0 Å². The molecule has 0 radical (unpaired) electrons. The molecule has 0 saturated carbocycles. The topological polar surface area (TPSA) is 68.2 Å². The summed E-state index contributed by atoms with van der Waals surface area (Å²) in [6, 6.07) is 8.91. The van der Waals surface area contributed by atoms with Crippen molar-refractivity contribution in [1.82, 2.24) is 0 Å². The van der Waals surface area contributed by atoms with Gasteiger partial charge in [-0.25, -0.2) is 0 Å². The minimum atomic E-state index is -0.843. The van der Waals surface area contributed by atoms with Crippen molar-refractivity contribution in [3.8, 4) is 23.0 Å². The highest BCUT2D eigenvalue weighted by atomic mass is 16.5. The first-order valence-corrected chi connectivity index (χ1v) is 8.37. The summed E-state index contributed by atoms with van der Waals surface area (Å²) < 4.78 is 15.8. The van der Waals surface area contributed by atoms with Crippen molar-refractivity contribution in [3.05, 3.63) is 59.7 Å². The number of rotatable bonds is 8. The summed E-state index contributed by atoms with van der Waals surface area (Å²) in [5, 5.41) is 21.4. The molecule has 2 N–H and O–H groups in total. The fraction of sp³-hybridized carbons (Fsp3) is 0.333. The molecule has 0 aromatic heterocycles. The number of benzene rings is 2. The zero-order valence-corrected chi connectivity index (χ0v) is 15.7. The lowest BCUT2D eigenvalue weighted by atomic mass is 9.88. The third-order valence-corrected chi connectivity index (χ3v) is 4.48. The molecule has 26 heavy (non-hydrogen) atoms. The van der Waals surface area contributed by atoms with Crippen LogP contribution < -0.4 is 14.2 Å². The first-order valence-electron chi connectivity index (χ1n) is 8.37. The maximum absolute atomic E-state index is 10.9. The Kier molecular flexibility index (Phi) is 6.52. The van der Waals surface area contributed by atoms with Crippen LogP contribution in [0.3, 0.4) is 0 Å². The standard InChI is InChI=1S/C21H26O5/c1-6-7-14-10-16(21(23)19(11-14)26-5)13(2)20(22)15-8-9-17(24-3)18(12-15)25-4/h6,8-13,20,22-23H,1,7H2,2-5H3. The van der Waals surface area contributed by atoms with Crippen molar-refractivity contribution < 1.29 is 24.4 Å². The smallest absolute Gasteiger partial charge is 0.161 e. The Morgan fingerprint density at radius 2 is 1.65 bits per heavy atom. The maximum atomic E-state index is 10.9. The van der Waals surface area contributed by atoms with Gasteiger partial charge in [0.15, 0.2) is 23.0 Å². The number of hydrogen-bond donors (Lipinski definition) is 2. The van der Waals surface area contributed by atoms with E-state index in [1.807, 2.05) is 13.0 Å². The molecular formula is C21H26O5. The lowest BCUT2D eigenvalue weighted by Crippen LogP contribution is -2.09. The molecule has 2 aromatic carbocycles. The zero-order chi connectivity index (χ0) is 19.3. The summed E-state index contributed by atoms with van der Waals surface area (Å²) >= 11 is 0. The third kappa shape index (κ3) is 3.94. The number of phenolic OH excluding ortho intramolecular Hbond substituents is 1. The fourth-order valence-electron chi connectivity index (χ4n) is 2.97. The number of hydrogen-bond acceptors (Lipinski definition) is 5. The Hall–Kier alpha value is -2.66. The highest BCUT2D eigenvalue weighted by molar-refractivity contribution is 5.51. The highest BCUT2D eigenvalue weighted by Gasteiger charge is 2.24. The van der Waals surface area contributed by atoms with Crippen LogP contribution in [0.4, 0.5) is 0 Å². The normalized spacial score (nSPS) is 13.0. The molecular weight excluding hydrogens is 332 g/mol. The van der Waals surface area contributed by atoms with Crippen LogP contribution in [0, 0.1) is 0 Å². The zero-order valence-electron chi connectivity index (χ0n) is 15.7. The molecule has 0 fully saturated rings. The van der Waals surface area contributed by atoms with E-state index in [2.05, 4.69) is 6.58 Å². The average Bonchev–Trinajstić information content (AvgIpc) is 2.67. The van der Waals surface area contributed by atoms with Gasteiger partial charge in [-0.15, -0.1) is 6.58 Å². The van der Waals surface area contributed by atoms with E-state index in [1.54, 1.807) is 44.6 Å². The van der Waals surface area contributed by atoms with Crippen molar-refractivity contribution >= 4 is 0 Å². The lowest BCUT2D eigenvalue weighted by molar-refractivity contribution is 0.149. The Bertz CT molecular complexity index is 769. The van der Waals surface area contributed by atoms with E-state index in [-0.39, 0.29) is 11.7 Å². The molecule has 0 amide bonds. The molecule has 0 aliphatic carbocycles. The van der Waals surface area contributed by atoms with Gasteiger partial charge in [-0.3, -0.25) is 0 Å². The summed E-state index contributed by atoms with van der Waals surface area (Å²) in [6.07, 6.45) is 1.58. The first-order chi connectivity index (χ1) is 12.5. The summed E-state index contributed by atoms with van der Waals surface area (Å²) in [7, 11) is 4.62. The van der Waals surface area contributed by atoms with Crippen LogP contribution in [0.25, 0.3) is 0 Å². The van der Waals surface area contributed by atoms with E-state index < -0.39 is 6.10 Å². The number of methoxy groups -OCH3 is 3. The van der Waals surface area contributed by atoms with E-state index in [1.165, 1.54) is 7.11 Å². The summed E-state index contributed by atoms with van der Waals surface area (Å²) in [5.74, 6) is 1.18. The lowest BCUT2D eigenvalue weighted by Gasteiger charge is -2.23. The molecule has 0 saturated heterocycles. The van der Waals surface area contributed by atoms with Crippen molar-refractivity contribution in [3.63, 3.8) is 0 Å². The number of ether oxygens (including phenoxy) is 3. The van der Waals surface area contributed by atoms with Crippen molar-refractivity contribution in [2.75, 3.05) is 21.3 Å². The van der Waals surface area contributed by atoms with Gasteiger partial charge in [0, 0.05) is 11.5 Å². The van der Waals surface area contributed by atoms with E-state index in [9.17, 15) is 10.2 Å². The molecule has 2 rings (SSSR count). The van der Waals surface area contributed by atoms with Gasteiger partial charge in [-0.2, -0.15) is 0 Å². The molecule has 0 aliphatic rings. The second kappa shape index (κ2) is 8.63.